The third-order valence-electron chi connectivity index (χ3n) is 3.02. The fourth-order valence-corrected chi connectivity index (χ4v) is 1.96. The fourth-order valence-electron chi connectivity index (χ4n) is 1.84. The van der Waals surface area contributed by atoms with Crippen molar-refractivity contribution in [1.82, 2.24) is 0 Å². The topological polar surface area (TPSA) is 71.2 Å². The zero-order valence-corrected chi connectivity index (χ0v) is 13.2. The van der Waals surface area contributed by atoms with Crippen molar-refractivity contribution in [1.29, 1.82) is 0 Å². The molecule has 0 unspecified atom stereocenters. The molecule has 118 valence electrons. The van der Waals surface area contributed by atoms with Crippen molar-refractivity contribution >= 4 is 23.3 Å². The van der Waals surface area contributed by atoms with E-state index < -0.39 is 5.97 Å². The van der Waals surface area contributed by atoms with Gasteiger partial charge in [-0.3, -0.25) is 0 Å². The molecule has 0 fully saturated rings. The summed E-state index contributed by atoms with van der Waals surface area (Å²) in [5, 5.41) is 17.2. The second-order valence-corrected chi connectivity index (χ2v) is 4.80. The molecular formula is C17H15ClN2O3. The van der Waals surface area contributed by atoms with Crippen LogP contribution in [0, 0.1) is 0 Å². The number of methoxy groups -OCH3 is 1. The van der Waals surface area contributed by atoms with Gasteiger partial charge in [0.1, 0.15) is 5.76 Å². The van der Waals surface area contributed by atoms with Crippen molar-refractivity contribution in [3.63, 3.8) is 0 Å². The highest BCUT2D eigenvalue weighted by Crippen LogP contribution is 2.23. The van der Waals surface area contributed by atoms with Gasteiger partial charge in [0.2, 0.25) is 5.70 Å². The first-order valence-electron chi connectivity index (χ1n) is 6.79. The van der Waals surface area contributed by atoms with Gasteiger partial charge in [0.05, 0.1) is 18.7 Å². The van der Waals surface area contributed by atoms with Gasteiger partial charge in [0.25, 0.3) is 0 Å². The Morgan fingerprint density at radius 1 is 1.09 bits per heavy atom. The van der Waals surface area contributed by atoms with Crippen LogP contribution in [0.25, 0.3) is 11.1 Å². The summed E-state index contributed by atoms with van der Waals surface area (Å²) >= 11 is 5.50. The van der Waals surface area contributed by atoms with Gasteiger partial charge >= 0.3 is 5.97 Å². The number of benzene rings is 2. The minimum atomic E-state index is -0.798. The van der Waals surface area contributed by atoms with Gasteiger partial charge in [-0.1, -0.05) is 42.5 Å². The SMILES string of the molecule is COC(=O)/C(N=Nc1ccc(-c2ccccc2)cc1)=C(/O)CCl. The van der Waals surface area contributed by atoms with Crippen molar-refractivity contribution in [2.75, 3.05) is 13.0 Å². The number of carbonyl (C=O) groups is 1. The Labute approximate surface area is 138 Å². The molecule has 23 heavy (non-hydrogen) atoms. The highest BCUT2D eigenvalue weighted by Gasteiger charge is 2.15. The van der Waals surface area contributed by atoms with Gasteiger partial charge < -0.3 is 9.84 Å². The summed E-state index contributed by atoms with van der Waals surface area (Å²) in [7, 11) is 1.19. The number of alkyl halides is 1. The molecular weight excluding hydrogens is 316 g/mol. The first kappa shape index (κ1) is 16.7. The van der Waals surface area contributed by atoms with Crippen molar-refractivity contribution in [3.05, 3.63) is 66.1 Å². The van der Waals surface area contributed by atoms with Crippen LogP contribution in [0.1, 0.15) is 0 Å². The summed E-state index contributed by atoms with van der Waals surface area (Å²) in [6, 6.07) is 17.2. The average Bonchev–Trinajstić information content (AvgIpc) is 2.62. The van der Waals surface area contributed by atoms with Gasteiger partial charge in [-0.2, -0.15) is 5.11 Å². The molecule has 0 spiro atoms. The van der Waals surface area contributed by atoms with Crippen molar-refractivity contribution < 1.29 is 14.6 Å². The number of halogens is 1. The van der Waals surface area contributed by atoms with Crippen LogP contribution in [-0.4, -0.2) is 24.1 Å². The van der Waals surface area contributed by atoms with Gasteiger partial charge in [0.15, 0.2) is 0 Å². The highest BCUT2D eigenvalue weighted by molar-refractivity contribution is 6.19. The van der Waals surface area contributed by atoms with Crippen molar-refractivity contribution in [2.24, 2.45) is 10.2 Å². The van der Waals surface area contributed by atoms with Gasteiger partial charge in [-0.15, -0.1) is 16.7 Å². The fraction of sp³-hybridized carbons (Fsp3) is 0.118. The Morgan fingerprint density at radius 3 is 2.26 bits per heavy atom. The lowest BCUT2D eigenvalue weighted by Gasteiger charge is -2.02. The molecule has 2 aromatic rings. The molecule has 0 aromatic heterocycles. The smallest absolute Gasteiger partial charge is 0.362 e. The van der Waals surface area contributed by atoms with E-state index in [4.69, 9.17) is 11.6 Å². The molecule has 2 aromatic carbocycles. The van der Waals surface area contributed by atoms with Crippen LogP contribution in [0.3, 0.4) is 0 Å². The van der Waals surface area contributed by atoms with Crippen LogP contribution < -0.4 is 0 Å². The van der Waals surface area contributed by atoms with Crippen LogP contribution >= 0.6 is 11.6 Å². The van der Waals surface area contributed by atoms with E-state index in [0.717, 1.165) is 11.1 Å². The molecule has 0 bridgehead atoms. The lowest BCUT2D eigenvalue weighted by molar-refractivity contribution is -0.136. The number of allylic oxidation sites excluding steroid dienone is 1. The molecule has 0 aliphatic carbocycles. The van der Waals surface area contributed by atoms with E-state index >= 15 is 0 Å². The summed E-state index contributed by atoms with van der Waals surface area (Å²) in [5.74, 6) is -1.44. The summed E-state index contributed by atoms with van der Waals surface area (Å²) < 4.78 is 4.53. The van der Waals surface area contributed by atoms with Crippen LogP contribution in [0.2, 0.25) is 0 Å². The van der Waals surface area contributed by atoms with E-state index in [9.17, 15) is 9.90 Å². The maximum Gasteiger partial charge on any atom is 0.362 e. The summed E-state index contributed by atoms with van der Waals surface area (Å²) in [6.45, 7) is 0. The molecule has 0 aliphatic heterocycles. The summed E-state index contributed by atoms with van der Waals surface area (Å²) in [5.41, 5.74) is 2.35. The first-order chi connectivity index (χ1) is 11.2. The standard InChI is InChI=1S/C17H15ClN2O3/c1-23-17(22)16(15(21)11-18)20-19-14-9-7-13(8-10-14)12-5-3-2-4-6-12/h2-10,21H,11H2,1H3/b16-15-,20-19?. The zero-order chi connectivity index (χ0) is 16.7. The van der Waals surface area contributed by atoms with E-state index in [2.05, 4.69) is 15.0 Å². The highest BCUT2D eigenvalue weighted by atomic mass is 35.5. The van der Waals surface area contributed by atoms with Gasteiger partial charge in [-0.25, -0.2) is 4.79 Å². The molecule has 0 heterocycles. The third kappa shape index (κ3) is 4.40. The van der Waals surface area contributed by atoms with E-state index in [1.165, 1.54) is 7.11 Å². The number of nitrogens with zero attached hydrogens (tertiary/aromatic N) is 2. The number of aliphatic hydroxyl groups excluding tert-OH is 1. The largest absolute Gasteiger partial charge is 0.508 e. The van der Waals surface area contributed by atoms with Crippen molar-refractivity contribution in [3.8, 4) is 11.1 Å². The van der Waals surface area contributed by atoms with Crippen LogP contribution in [0.4, 0.5) is 5.69 Å². The monoisotopic (exact) mass is 330 g/mol. The van der Waals surface area contributed by atoms with Crippen LogP contribution in [0.15, 0.2) is 76.3 Å². The number of carbonyl (C=O) groups excluding carboxylic acids is 1. The molecule has 0 radical (unpaired) electrons. The summed E-state index contributed by atoms with van der Waals surface area (Å²) in [4.78, 5) is 11.5. The number of ether oxygens (including phenoxy) is 1. The zero-order valence-electron chi connectivity index (χ0n) is 12.4. The Balaban J connectivity index is 2.21. The maximum atomic E-state index is 11.5. The van der Waals surface area contributed by atoms with Crippen molar-refractivity contribution in [2.45, 2.75) is 0 Å². The third-order valence-corrected chi connectivity index (χ3v) is 3.27. The molecule has 0 amide bonds. The molecule has 6 heteroatoms. The Morgan fingerprint density at radius 2 is 1.70 bits per heavy atom. The predicted molar refractivity (Wildman–Crippen MR) is 88.8 cm³/mol. The van der Waals surface area contributed by atoms with E-state index in [-0.39, 0.29) is 17.3 Å². The Kier molecular flexibility index (Phi) is 5.88. The number of hydrogen-bond donors (Lipinski definition) is 1. The lowest BCUT2D eigenvalue weighted by Crippen LogP contribution is -2.06. The molecule has 0 saturated carbocycles. The quantitative estimate of drug-likeness (QED) is 0.286. The lowest BCUT2D eigenvalue weighted by atomic mass is 10.1. The number of aliphatic hydroxyl groups is 1. The molecule has 1 N–H and O–H groups in total. The average molecular weight is 331 g/mol. The van der Waals surface area contributed by atoms with E-state index in [1.54, 1.807) is 12.1 Å². The number of azo groups is 1. The van der Waals surface area contributed by atoms with Crippen LogP contribution in [-0.2, 0) is 9.53 Å². The first-order valence-corrected chi connectivity index (χ1v) is 7.32. The Hall–Kier alpha value is -2.66. The predicted octanol–water partition coefficient (Wildman–Crippen LogP) is 4.62. The van der Waals surface area contributed by atoms with E-state index in [1.807, 2.05) is 42.5 Å². The minimum Gasteiger partial charge on any atom is -0.508 e. The molecule has 0 atom stereocenters. The molecule has 2 rings (SSSR count). The molecule has 0 aliphatic rings. The van der Waals surface area contributed by atoms with Gasteiger partial charge in [0, 0.05) is 0 Å². The maximum absolute atomic E-state index is 11.5. The summed E-state index contributed by atoms with van der Waals surface area (Å²) in [6.07, 6.45) is 0. The molecule has 0 saturated heterocycles. The number of rotatable bonds is 5. The second kappa shape index (κ2) is 8.10. The Bertz CT molecular complexity index is 725. The van der Waals surface area contributed by atoms with Gasteiger partial charge in [-0.05, 0) is 23.3 Å². The normalized spacial score (nSPS) is 12.1. The number of hydrogen-bond acceptors (Lipinski definition) is 5. The minimum absolute atomic E-state index is 0.254. The van der Waals surface area contributed by atoms with E-state index in [0.29, 0.717) is 5.69 Å². The molecule has 5 nitrogen and oxygen atoms in total. The number of esters is 1. The second-order valence-electron chi connectivity index (χ2n) is 4.53. The van der Waals surface area contributed by atoms with Crippen LogP contribution in [0.5, 0.6) is 0 Å².